The molecule has 0 aliphatic heterocycles. The lowest BCUT2D eigenvalue weighted by Gasteiger charge is -1.99. The predicted molar refractivity (Wildman–Crippen MR) is 61.1 cm³/mol. The van der Waals surface area contributed by atoms with Crippen LogP contribution in [0.2, 0.25) is 5.02 Å². The molecule has 0 saturated heterocycles. The lowest BCUT2D eigenvalue weighted by atomic mass is 10.2. The first kappa shape index (κ1) is 9.55. The summed E-state index contributed by atoms with van der Waals surface area (Å²) in [6.07, 6.45) is 1.68. The monoisotopic (exact) mass is 271 g/mol. The zero-order valence-corrected chi connectivity index (χ0v) is 9.43. The number of nitrogens with one attached hydrogen (secondary N) is 1. The van der Waals surface area contributed by atoms with E-state index >= 15 is 0 Å². The second-order valence-electron chi connectivity index (χ2n) is 2.81. The summed E-state index contributed by atoms with van der Waals surface area (Å²) >= 11 is 9.28. The van der Waals surface area contributed by atoms with Gasteiger partial charge in [-0.1, -0.05) is 17.7 Å². The smallest absolute Gasteiger partial charge is 0.197 e. The molecule has 14 heavy (non-hydrogen) atoms. The first-order valence-electron chi connectivity index (χ1n) is 3.93. The van der Waals surface area contributed by atoms with Crippen molar-refractivity contribution in [3.63, 3.8) is 0 Å². The van der Waals surface area contributed by atoms with Gasteiger partial charge in [0.05, 0.1) is 16.9 Å². The fraction of sp³-hybridized carbons (Fsp3) is 0. The molecule has 0 unspecified atom stereocenters. The van der Waals surface area contributed by atoms with Crippen molar-refractivity contribution in [2.75, 3.05) is 5.73 Å². The van der Waals surface area contributed by atoms with E-state index < -0.39 is 0 Å². The third-order valence-electron chi connectivity index (χ3n) is 1.83. The first-order chi connectivity index (χ1) is 6.66. The molecule has 1 aromatic heterocycles. The van der Waals surface area contributed by atoms with Gasteiger partial charge < -0.3 is 10.7 Å². The van der Waals surface area contributed by atoms with Gasteiger partial charge in [-0.2, -0.15) is 0 Å². The van der Waals surface area contributed by atoms with E-state index in [0.717, 1.165) is 15.7 Å². The quantitative estimate of drug-likeness (QED) is 0.838. The van der Waals surface area contributed by atoms with Gasteiger partial charge in [0, 0.05) is 10.0 Å². The second kappa shape index (κ2) is 3.63. The van der Waals surface area contributed by atoms with Crippen LogP contribution in [-0.2, 0) is 0 Å². The van der Waals surface area contributed by atoms with Crippen molar-refractivity contribution < 1.29 is 0 Å². The average Bonchev–Trinajstić information content (AvgIpc) is 2.57. The number of halogens is 2. The molecule has 1 aromatic carbocycles. The van der Waals surface area contributed by atoms with Crippen molar-refractivity contribution >= 4 is 33.5 Å². The molecule has 0 aliphatic carbocycles. The number of anilines is 1. The number of nitrogens with two attached hydrogens (primary N) is 1. The molecular formula is C9H7BrClN3. The van der Waals surface area contributed by atoms with Gasteiger partial charge in [0.2, 0.25) is 0 Å². The maximum Gasteiger partial charge on any atom is 0.197 e. The highest BCUT2D eigenvalue weighted by Crippen LogP contribution is 2.27. The Bertz CT molecular complexity index is 467. The average molecular weight is 273 g/mol. The summed E-state index contributed by atoms with van der Waals surface area (Å²) in [4.78, 5) is 6.84. The third-order valence-corrected chi connectivity index (χ3v) is 3.06. The number of aromatic nitrogens is 2. The summed E-state index contributed by atoms with van der Waals surface area (Å²) in [5.74, 6) is 0.402. The predicted octanol–water partition coefficient (Wildman–Crippen LogP) is 3.07. The molecular weight excluding hydrogens is 265 g/mol. The van der Waals surface area contributed by atoms with Crippen molar-refractivity contribution in [2.45, 2.75) is 0 Å². The topological polar surface area (TPSA) is 54.7 Å². The van der Waals surface area contributed by atoms with Crippen molar-refractivity contribution in [3.8, 4) is 11.3 Å². The van der Waals surface area contributed by atoms with Crippen LogP contribution in [0.25, 0.3) is 11.3 Å². The molecule has 0 aliphatic rings. The minimum atomic E-state index is 0.402. The van der Waals surface area contributed by atoms with Crippen molar-refractivity contribution in [3.05, 3.63) is 33.9 Å². The molecule has 3 nitrogen and oxygen atoms in total. The molecule has 1 heterocycles. The lowest BCUT2D eigenvalue weighted by molar-refractivity contribution is 1.33. The van der Waals surface area contributed by atoms with E-state index in [4.69, 9.17) is 17.3 Å². The van der Waals surface area contributed by atoms with E-state index in [2.05, 4.69) is 25.9 Å². The molecule has 0 radical (unpaired) electrons. The summed E-state index contributed by atoms with van der Waals surface area (Å²) in [5, 5.41) is 0.663. The van der Waals surface area contributed by atoms with Crippen LogP contribution in [0.4, 0.5) is 5.95 Å². The third kappa shape index (κ3) is 1.76. The largest absolute Gasteiger partial charge is 0.369 e. The Kier molecular flexibility index (Phi) is 2.48. The zero-order chi connectivity index (χ0) is 10.1. The number of aromatic amines is 1. The number of hydrogen-bond donors (Lipinski definition) is 2. The molecule has 3 N–H and O–H groups in total. The molecule has 0 atom stereocenters. The lowest BCUT2D eigenvalue weighted by Crippen LogP contribution is -1.85. The van der Waals surface area contributed by atoms with E-state index in [1.54, 1.807) is 6.20 Å². The molecule has 0 amide bonds. The fourth-order valence-corrected chi connectivity index (χ4v) is 1.57. The Morgan fingerprint density at radius 2 is 2.21 bits per heavy atom. The van der Waals surface area contributed by atoms with Gasteiger partial charge in [0.15, 0.2) is 5.95 Å². The highest BCUT2D eigenvalue weighted by Gasteiger charge is 2.03. The van der Waals surface area contributed by atoms with Crippen LogP contribution < -0.4 is 5.73 Å². The summed E-state index contributed by atoms with van der Waals surface area (Å²) in [7, 11) is 0. The van der Waals surface area contributed by atoms with Crippen LogP contribution in [0.3, 0.4) is 0 Å². The van der Waals surface area contributed by atoms with Crippen LogP contribution in [0.1, 0.15) is 0 Å². The Hall–Kier alpha value is -1.00. The van der Waals surface area contributed by atoms with Gasteiger partial charge in [-0.25, -0.2) is 4.98 Å². The van der Waals surface area contributed by atoms with Crippen molar-refractivity contribution in [1.82, 2.24) is 9.97 Å². The summed E-state index contributed by atoms with van der Waals surface area (Å²) in [6.45, 7) is 0. The molecule has 0 spiro atoms. The molecule has 5 heteroatoms. The summed E-state index contributed by atoms with van der Waals surface area (Å²) in [6, 6.07) is 5.66. The Morgan fingerprint density at radius 3 is 2.79 bits per heavy atom. The van der Waals surface area contributed by atoms with Gasteiger partial charge >= 0.3 is 0 Å². The second-order valence-corrected chi connectivity index (χ2v) is 4.07. The number of rotatable bonds is 1. The summed E-state index contributed by atoms with van der Waals surface area (Å²) < 4.78 is 0.871. The number of nitrogens with zero attached hydrogens (tertiary/aromatic N) is 1. The van der Waals surface area contributed by atoms with E-state index in [1.807, 2.05) is 18.2 Å². The molecule has 0 bridgehead atoms. The minimum Gasteiger partial charge on any atom is -0.369 e. The Balaban J connectivity index is 2.47. The molecule has 2 aromatic rings. The summed E-state index contributed by atoms with van der Waals surface area (Å²) in [5.41, 5.74) is 7.29. The standard InChI is InChI=1S/C9H7BrClN3/c10-6-2-1-5(3-7(6)11)8-4-13-9(12)14-8/h1-4H,(H3,12,13,14). The zero-order valence-electron chi connectivity index (χ0n) is 7.09. The fourth-order valence-electron chi connectivity index (χ4n) is 1.15. The number of hydrogen-bond acceptors (Lipinski definition) is 2. The van der Waals surface area contributed by atoms with E-state index in [-0.39, 0.29) is 0 Å². The number of benzene rings is 1. The minimum absolute atomic E-state index is 0.402. The number of imidazole rings is 1. The highest BCUT2D eigenvalue weighted by atomic mass is 79.9. The van der Waals surface area contributed by atoms with Crippen LogP contribution in [-0.4, -0.2) is 9.97 Å². The first-order valence-corrected chi connectivity index (χ1v) is 5.10. The van der Waals surface area contributed by atoms with Gasteiger partial charge in [0.25, 0.3) is 0 Å². The SMILES string of the molecule is Nc1ncc(-c2ccc(Br)c(Cl)c2)[nH]1. The van der Waals surface area contributed by atoms with E-state index in [9.17, 15) is 0 Å². The molecule has 0 saturated carbocycles. The van der Waals surface area contributed by atoms with Crippen LogP contribution in [0.5, 0.6) is 0 Å². The molecule has 2 rings (SSSR count). The van der Waals surface area contributed by atoms with Crippen molar-refractivity contribution in [1.29, 1.82) is 0 Å². The van der Waals surface area contributed by atoms with Gasteiger partial charge in [-0.15, -0.1) is 0 Å². The van der Waals surface area contributed by atoms with Gasteiger partial charge in [-0.05, 0) is 28.1 Å². The Morgan fingerprint density at radius 1 is 1.43 bits per heavy atom. The van der Waals surface area contributed by atoms with Gasteiger partial charge in [0.1, 0.15) is 0 Å². The number of H-pyrrole nitrogens is 1. The van der Waals surface area contributed by atoms with Gasteiger partial charge in [-0.3, -0.25) is 0 Å². The molecule has 72 valence electrons. The highest BCUT2D eigenvalue weighted by molar-refractivity contribution is 9.10. The maximum absolute atomic E-state index is 5.96. The van der Waals surface area contributed by atoms with Crippen LogP contribution in [0.15, 0.2) is 28.9 Å². The maximum atomic E-state index is 5.96. The van der Waals surface area contributed by atoms with Crippen LogP contribution >= 0.6 is 27.5 Å². The van der Waals surface area contributed by atoms with E-state index in [0.29, 0.717) is 11.0 Å². The normalized spacial score (nSPS) is 10.4. The number of nitrogen functional groups attached to an aromatic ring is 1. The van der Waals surface area contributed by atoms with E-state index in [1.165, 1.54) is 0 Å². The van der Waals surface area contributed by atoms with Crippen molar-refractivity contribution in [2.24, 2.45) is 0 Å². The Labute approximate surface area is 94.4 Å². The molecule has 0 fully saturated rings. The van der Waals surface area contributed by atoms with Crippen LogP contribution in [0, 0.1) is 0 Å².